The Morgan fingerprint density at radius 3 is 2.09 bits per heavy atom. The predicted molar refractivity (Wildman–Crippen MR) is 111 cm³/mol. The topological polar surface area (TPSA) is 76.7 Å². The van der Waals surface area contributed by atoms with Gasteiger partial charge in [0.05, 0.1) is 23.8 Å². The molecule has 0 aliphatic heterocycles. The fourth-order valence-corrected chi connectivity index (χ4v) is 8.72. The number of nitrogens with one attached hydrogen (secondary N) is 2. The normalized spacial score (nSPS) is 41.1. The third kappa shape index (κ3) is 2.13. The van der Waals surface area contributed by atoms with Crippen LogP contribution in [-0.4, -0.2) is 36.4 Å². The summed E-state index contributed by atoms with van der Waals surface area (Å²) in [6.07, 6.45) is -4.92. The lowest BCUT2D eigenvalue weighted by Crippen LogP contribution is -3.16. The zero-order valence-corrected chi connectivity index (χ0v) is 19.0. The van der Waals surface area contributed by atoms with Crippen molar-refractivity contribution in [1.82, 2.24) is 5.32 Å². The summed E-state index contributed by atoms with van der Waals surface area (Å²) in [4.78, 5) is 24.2. The van der Waals surface area contributed by atoms with Crippen LogP contribution < -0.4 is 10.6 Å². The molecule has 6 nitrogen and oxygen atoms in total. The lowest BCUT2D eigenvalue weighted by atomic mass is 8.93. The number of alkyl halides is 3. The fraction of sp³-hybridized carbons (Fsp3) is 0.667. The highest BCUT2D eigenvalue weighted by Crippen LogP contribution is 3.07. The number of methoxy groups -OCH3 is 1. The minimum absolute atomic E-state index is 0.0124. The highest BCUT2D eigenvalue weighted by molar-refractivity contribution is 5.91. The SMILES string of the molecule is COC(=O)c1ccc(C(F)(F)F)c(NC(C)C23C4C5C2C2C3C4C52NC(=O)OC(C)(C)C)c1. The summed E-state index contributed by atoms with van der Waals surface area (Å²) in [5, 5.41) is 6.26. The van der Waals surface area contributed by atoms with Crippen molar-refractivity contribution in [3.05, 3.63) is 29.3 Å². The van der Waals surface area contributed by atoms with E-state index in [0.717, 1.165) is 12.1 Å². The second-order valence-corrected chi connectivity index (χ2v) is 11.3. The van der Waals surface area contributed by atoms with Gasteiger partial charge in [0, 0.05) is 17.1 Å². The van der Waals surface area contributed by atoms with Gasteiger partial charge in [0.1, 0.15) is 5.60 Å². The number of esters is 1. The van der Waals surface area contributed by atoms with Gasteiger partial charge in [-0.1, -0.05) is 0 Å². The van der Waals surface area contributed by atoms with E-state index in [1.54, 1.807) is 0 Å². The summed E-state index contributed by atoms with van der Waals surface area (Å²) in [7, 11) is 1.20. The van der Waals surface area contributed by atoms with Gasteiger partial charge < -0.3 is 20.1 Å². The summed E-state index contributed by atoms with van der Waals surface area (Å²) >= 11 is 0. The monoisotopic (exact) mass is 464 g/mol. The van der Waals surface area contributed by atoms with Crippen LogP contribution in [-0.2, 0) is 15.7 Å². The van der Waals surface area contributed by atoms with Crippen LogP contribution in [0, 0.1) is 40.9 Å². The van der Waals surface area contributed by atoms with Crippen LogP contribution in [0.15, 0.2) is 18.2 Å². The van der Waals surface area contributed by atoms with Gasteiger partial charge in [-0.3, -0.25) is 0 Å². The first-order valence-corrected chi connectivity index (χ1v) is 11.4. The number of halogens is 3. The van der Waals surface area contributed by atoms with E-state index in [-0.39, 0.29) is 34.3 Å². The molecule has 6 saturated carbocycles. The van der Waals surface area contributed by atoms with E-state index in [1.165, 1.54) is 13.2 Å². The molecule has 1 amide bonds. The number of rotatable bonds is 5. The highest BCUT2D eigenvalue weighted by Gasteiger charge is 3.10. The number of hydrogen-bond donors (Lipinski definition) is 2. The van der Waals surface area contributed by atoms with Crippen LogP contribution in [0.5, 0.6) is 0 Å². The van der Waals surface area contributed by atoms with Gasteiger partial charge in [-0.2, -0.15) is 13.2 Å². The van der Waals surface area contributed by atoms with Gasteiger partial charge in [0.25, 0.3) is 0 Å². The van der Waals surface area contributed by atoms with Crippen LogP contribution in [0.4, 0.5) is 23.7 Å². The molecule has 33 heavy (non-hydrogen) atoms. The quantitative estimate of drug-likeness (QED) is 0.636. The Labute approximate surface area is 189 Å². The molecule has 0 aromatic heterocycles. The van der Waals surface area contributed by atoms with Crippen molar-refractivity contribution < 1.29 is 32.2 Å². The summed E-state index contributed by atoms with van der Waals surface area (Å²) in [6, 6.07) is 3.13. The lowest BCUT2D eigenvalue weighted by Gasteiger charge is -3.11. The van der Waals surface area contributed by atoms with Crippen LogP contribution in [0.25, 0.3) is 0 Å². The molecule has 1 unspecified atom stereocenters. The van der Waals surface area contributed by atoms with Crippen molar-refractivity contribution in [2.75, 3.05) is 12.4 Å². The molecular weight excluding hydrogens is 437 g/mol. The van der Waals surface area contributed by atoms with Crippen molar-refractivity contribution in [2.45, 2.75) is 51.1 Å². The van der Waals surface area contributed by atoms with Crippen molar-refractivity contribution in [2.24, 2.45) is 40.9 Å². The molecule has 1 aromatic rings. The third-order valence-corrected chi connectivity index (χ3v) is 9.29. The van der Waals surface area contributed by atoms with Crippen LogP contribution in [0.3, 0.4) is 0 Å². The van der Waals surface area contributed by atoms with E-state index >= 15 is 0 Å². The fourth-order valence-electron chi connectivity index (χ4n) is 8.72. The highest BCUT2D eigenvalue weighted by atomic mass is 19.4. The number of carbonyl (C=O) groups excluding carboxylic acids is 2. The number of amides is 1. The Hall–Kier alpha value is -2.45. The van der Waals surface area contributed by atoms with E-state index in [0.29, 0.717) is 35.5 Å². The average molecular weight is 464 g/mol. The molecule has 0 bridgehead atoms. The molecule has 0 spiro atoms. The number of benzene rings is 1. The average Bonchev–Trinajstić information content (AvgIpc) is 2.71. The van der Waals surface area contributed by atoms with Gasteiger partial charge in [-0.25, -0.2) is 9.59 Å². The van der Waals surface area contributed by atoms with Crippen molar-refractivity contribution in [3.8, 4) is 0 Å². The van der Waals surface area contributed by atoms with Gasteiger partial charge in [0.15, 0.2) is 0 Å². The Kier molecular flexibility index (Phi) is 3.70. The molecule has 1 atom stereocenters. The van der Waals surface area contributed by atoms with Crippen LogP contribution in [0.1, 0.15) is 43.6 Å². The van der Waals surface area contributed by atoms with Crippen LogP contribution in [0.2, 0.25) is 0 Å². The van der Waals surface area contributed by atoms with Crippen molar-refractivity contribution >= 4 is 17.7 Å². The molecule has 7 rings (SSSR count). The summed E-state index contributed by atoms with van der Waals surface area (Å²) in [5.41, 5.74) is -1.52. The molecule has 9 heteroatoms. The zero-order valence-electron chi connectivity index (χ0n) is 19.0. The first-order valence-electron chi connectivity index (χ1n) is 11.4. The second-order valence-electron chi connectivity index (χ2n) is 11.3. The molecular formula is C24H27F3N2O4. The Morgan fingerprint density at radius 2 is 1.61 bits per heavy atom. The minimum Gasteiger partial charge on any atom is -0.465 e. The molecule has 6 aliphatic rings. The van der Waals surface area contributed by atoms with Crippen molar-refractivity contribution in [3.63, 3.8) is 0 Å². The Balaban J connectivity index is 1.19. The first kappa shape index (κ1) is 21.1. The van der Waals surface area contributed by atoms with Gasteiger partial charge in [-0.05, 0) is 81.4 Å². The van der Waals surface area contributed by atoms with E-state index < -0.39 is 23.3 Å². The molecule has 6 fully saturated rings. The van der Waals surface area contributed by atoms with E-state index in [9.17, 15) is 22.8 Å². The molecule has 0 radical (unpaired) electrons. The number of hydrogen-bond acceptors (Lipinski definition) is 5. The maximum Gasteiger partial charge on any atom is 0.418 e. The lowest BCUT2D eigenvalue weighted by molar-refractivity contribution is -0.627. The zero-order chi connectivity index (χ0) is 23.9. The van der Waals surface area contributed by atoms with Gasteiger partial charge in [0.2, 0.25) is 0 Å². The first-order chi connectivity index (χ1) is 15.3. The Bertz CT molecular complexity index is 1040. The third-order valence-electron chi connectivity index (χ3n) is 9.29. The number of carbonyl (C=O) groups is 2. The largest absolute Gasteiger partial charge is 0.465 e. The molecule has 0 heterocycles. The summed E-state index contributed by atoms with van der Waals surface area (Å²) in [6.45, 7) is 7.44. The van der Waals surface area contributed by atoms with E-state index in [2.05, 4.69) is 15.4 Å². The Morgan fingerprint density at radius 1 is 1.03 bits per heavy atom. The summed E-state index contributed by atoms with van der Waals surface area (Å²) < 4.78 is 51.0. The van der Waals surface area contributed by atoms with Crippen LogP contribution >= 0.6 is 0 Å². The molecule has 2 N–H and O–H groups in total. The minimum atomic E-state index is -4.54. The van der Waals surface area contributed by atoms with Crippen molar-refractivity contribution in [1.29, 1.82) is 0 Å². The molecule has 6 aliphatic carbocycles. The van der Waals surface area contributed by atoms with E-state index in [1.807, 2.05) is 27.7 Å². The maximum atomic E-state index is 13.6. The number of ether oxygens (including phenoxy) is 2. The molecule has 1 aromatic carbocycles. The number of alkyl carbamates (subject to hydrolysis) is 1. The standard InChI is InChI=1S/C24H27F3N2O4/c1-9(28-12-8-10(19(30)32-5)6-7-11(12)24(25,26)27)22-13-16-14(22)18-15(22)17(13)23(16,18)29-20(31)33-21(2,3)4/h6-9,13-18,28H,1-5H3,(H,29,31). The molecule has 178 valence electrons. The number of anilines is 1. The second kappa shape index (κ2) is 5.78. The van der Waals surface area contributed by atoms with Gasteiger partial charge in [-0.15, -0.1) is 0 Å². The predicted octanol–water partition coefficient (Wildman–Crippen LogP) is 4.31. The maximum absolute atomic E-state index is 13.6. The smallest absolute Gasteiger partial charge is 0.418 e. The van der Waals surface area contributed by atoms with Gasteiger partial charge >= 0.3 is 18.2 Å². The summed E-state index contributed by atoms with van der Waals surface area (Å²) in [5.74, 6) is 1.80. The van der Waals surface area contributed by atoms with E-state index in [4.69, 9.17) is 4.74 Å². The molecule has 0 saturated heterocycles.